The van der Waals surface area contributed by atoms with Gasteiger partial charge in [0.15, 0.2) is 16.6 Å². The molecule has 0 aliphatic carbocycles. The Bertz CT molecular complexity index is 1410. The molecule has 1 N–H and O–H groups in total. The third-order valence-corrected chi connectivity index (χ3v) is 7.47. The number of methoxy groups -OCH3 is 1. The van der Waals surface area contributed by atoms with E-state index in [1.807, 2.05) is 24.3 Å². The van der Waals surface area contributed by atoms with E-state index in [1.54, 1.807) is 30.3 Å². The zero-order valence-electron chi connectivity index (χ0n) is 18.5. The molecule has 3 aromatic rings. The van der Waals surface area contributed by atoms with Crippen LogP contribution in [-0.2, 0) is 16.2 Å². The third-order valence-electron chi connectivity index (χ3n) is 5.16. The summed E-state index contributed by atoms with van der Waals surface area (Å²) >= 11 is 24.6. The molecular formula is C25H16Br2Cl2N2O4S. The van der Waals surface area contributed by atoms with Gasteiger partial charge in [-0.1, -0.05) is 73.3 Å². The first-order chi connectivity index (χ1) is 17.2. The van der Waals surface area contributed by atoms with Gasteiger partial charge in [-0.3, -0.25) is 19.8 Å². The van der Waals surface area contributed by atoms with Crippen LogP contribution in [-0.4, -0.2) is 24.0 Å². The topological polar surface area (TPSA) is 67.9 Å². The number of nitrogens with zero attached hydrogens (tertiary/aromatic N) is 1. The molecule has 11 heteroatoms. The first kappa shape index (κ1) is 26.6. The second-order valence-electron chi connectivity index (χ2n) is 7.47. The van der Waals surface area contributed by atoms with Crippen LogP contribution in [0.4, 0.5) is 5.69 Å². The maximum atomic E-state index is 13.4. The van der Waals surface area contributed by atoms with E-state index in [0.29, 0.717) is 28.1 Å². The Balaban J connectivity index is 1.66. The Labute approximate surface area is 239 Å². The van der Waals surface area contributed by atoms with Crippen molar-refractivity contribution in [3.05, 3.63) is 90.3 Å². The van der Waals surface area contributed by atoms with Crippen molar-refractivity contribution in [1.82, 2.24) is 5.32 Å². The van der Waals surface area contributed by atoms with Gasteiger partial charge in [-0.25, -0.2) is 0 Å². The minimum absolute atomic E-state index is 0.0975. The smallest absolute Gasteiger partial charge is 0.270 e. The highest BCUT2D eigenvalue weighted by molar-refractivity contribution is 9.10. The minimum Gasteiger partial charge on any atom is -0.493 e. The summed E-state index contributed by atoms with van der Waals surface area (Å²) in [6, 6.07) is 15.9. The first-order valence-corrected chi connectivity index (χ1v) is 13.0. The number of hydrogen-bond donors (Lipinski definition) is 1. The fourth-order valence-electron chi connectivity index (χ4n) is 3.37. The Morgan fingerprint density at radius 1 is 1.06 bits per heavy atom. The number of hydrogen-bond acceptors (Lipinski definition) is 5. The van der Waals surface area contributed by atoms with Crippen molar-refractivity contribution >= 4 is 96.0 Å². The number of amides is 2. The number of anilines is 1. The van der Waals surface area contributed by atoms with Crippen molar-refractivity contribution in [1.29, 1.82) is 0 Å². The lowest BCUT2D eigenvalue weighted by Crippen LogP contribution is -2.54. The quantitative estimate of drug-likeness (QED) is 0.175. The van der Waals surface area contributed by atoms with Gasteiger partial charge >= 0.3 is 0 Å². The second-order valence-corrected chi connectivity index (χ2v) is 10.4. The lowest BCUT2D eigenvalue weighted by molar-refractivity contribution is -0.122. The number of rotatable bonds is 6. The van der Waals surface area contributed by atoms with E-state index in [1.165, 1.54) is 13.2 Å². The predicted molar refractivity (Wildman–Crippen MR) is 152 cm³/mol. The maximum absolute atomic E-state index is 13.4. The number of carbonyl (C=O) groups excluding carboxylic acids is 2. The van der Waals surface area contributed by atoms with Crippen molar-refractivity contribution in [3.8, 4) is 11.5 Å². The van der Waals surface area contributed by atoms with Gasteiger partial charge in [-0.05, 0) is 65.8 Å². The molecule has 36 heavy (non-hydrogen) atoms. The molecule has 4 rings (SSSR count). The molecule has 3 aromatic carbocycles. The number of halogens is 4. The number of carbonyl (C=O) groups is 2. The van der Waals surface area contributed by atoms with E-state index < -0.39 is 11.8 Å². The highest BCUT2D eigenvalue weighted by Gasteiger charge is 2.36. The summed E-state index contributed by atoms with van der Waals surface area (Å²) in [4.78, 5) is 27.2. The highest BCUT2D eigenvalue weighted by Crippen LogP contribution is 2.37. The molecule has 184 valence electrons. The lowest BCUT2D eigenvalue weighted by atomic mass is 10.1. The van der Waals surface area contributed by atoms with Gasteiger partial charge in [-0.15, -0.1) is 0 Å². The van der Waals surface area contributed by atoms with Gasteiger partial charge in [0.1, 0.15) is 12.2 Å². The summed E-state index contributed by atoms with van der Waals surface area (Å²) in [5.74, 6) is -0.367. The van der Waals surface area contributed by atoms with E-state index >= 15 is 0 Å². The van der Waals surface area contributed by atoms with Gasteiger partial charge in [-0.2, -0.15) is 0 Å². The van der Waals surface area contributed by atoms with E-state index in [-0.39, 0.29) is 26.4 Å². The number of ether oxygens (including phenoxy) is 2. The minimum atomic E-state index is -0.644. The molecule has 2 amide bonds. The van der Waals surface area contributed by atoms with E-state index in [4.69, 9.17) is 44.9 Å². The molecule has 1 aliphatic heterocycles. The fourth-order valence-corrected chi connectivity index (χ4v) is 4.73. The van der Waals surface area contributed by atoms with E-state index in [2.05, 4.69) is 37.2 Å². The van der Waals surface area contributed by atoms with E-state index in [0.717, 1.165) is 14.9 Å². The van der Waals surface area contributed by atoms with Crippen LogP contribution >= 0.6 is 67.3 Å². The molecule has 0 aromatic heterocycles. The fraction of sp³-hybridized carbons (Fsp3) is 0.0800. The predicted octanol–water partition coefficient (Wildman–Crippen LogP) is 6.94. The molecular weight excluding hydrogens is 655 g/mol. The highest BCUT2D eigenvalue weighted by atomic mass is 79.9. The van der Waals surface area contributed by atoms with Gasteiger partial charge < -0.3 is 9.47 Å². The van der Waals surface area contributed by atoms with Crippen LogP contribution < -0.4 is 19.7 Å². The third kappa shape index (κ3) is 5.60. The van der Waals surface area contributed by atoms with Crippen LogP contribution in [0, 0.1) is 0 Å². The molecule has 0 unspecified atom stereocenters. The van der Waals surface area contributed by atoms with Crippen LogP contribution in [0.3, 0.4) is 0 Å². The number of nitrogens with one attached hydrogen (secondary N) is 1. The zero-order valence-corrected chi connectivity index (χ0v) is 24.0. The van der Waals surface area contributed by atoms with Crippen molar-refractivity contribution in [2.45, 2.75) is 6.61 Å². The van der Waals surface area contributed by atoms with Crippen LogP contribution in [0.1, 0.15) is 11.1 Å². The van der Waals surface area contributed by atoms with Crippen LogP contribution in [0.25, 0.3) is 6.08 Å². The lowest BCUT2D eigenvalue weighted by Gasteiger charge is -2.29. The van der Waals surface area contributed by atoms with Crippen molar-refractivity contribution < 1.29 is 19.1 Å². The SMILES string of the molecule is COc1cc(/C=C2\C(=O)NC(=S)N(c3cccc(Cl)c3Cl)C2=O)c(Br)cc1OCc1ccc(Br)cc1. The van der Waals surface area contributed by atoms with Gasteiger partial charge in [0.2, 0.25) is 0 Å². The van der Waals surface area contributed by atoms with Crippen molar-refractivity contribution in [3.63, 3.8) is 0 Å². The van der Waals surface area contributed by atoms with Gasteiger partial charge in [0.25, 0.3) is 11.8 Å². The monoisotopic (exact) mass is 668 g/mol. The van der Waals surface area contributed by atoms with Gasteiger partial charge in [0.05, 0.1) is 22.8 Å². The average Bonchev–Trinajstić information content (AvgIpc) is 2.84. The zero-order chi connectivity index (χ0) is 26.0. The molecule has 6 nitrogen and oxygen atoms in total. The molecule has 0 atom stereocenters. The Hall–Kier alpha value is -2.43. The number of benzene rings is 3. The molecule has 1 fully saturated rings. The standard InChI is InChI=1S/C25H16Br2Cl2N2O4S/c1-34-20-10-14(17(27)11-21(20)35-12-13-5-7-15(26)8-6-13)9-16-23(32)30-25(36)31(24(16)33)19-4-2-3-18(28)22(19)29/h2-11H,12H2,1H3,(H,30,32,36)/b16-9+. The van der Waals surface area contributed by atoms with E-state index in [9.17, 15) is 9.59 Å². The Morgan fingerprint density at radius 2 is 1.78 bits per heavy atom. The Kier molecular flexibility index (Phi) is 8.37. The summed E-state index contributed by atoms with van der Waals surface area (Å²) in [6.07, 6.45) is 1.44. The molecule has 0 bridgehead atoms. The summed E-state index contributed by atoms with van der Waals surface area (Å²) in [6.45, 7) is 0.324. The van der Waals surface area contributed by atoms with Crippen molar-refractivity contribution in [2.24, 2.45) is 0 Å². The largest absolute Gasteiger partial charge is 0.493 e. The van der Waals surface area contributed by atoms with Crippen LogP contribution in [0.5, 0.6) is 11.5 Å². The van der Waals surface area contributed by atoms with Crippen LogP contribution in [0.2, 0.25) is 10.0 Å². The first-order valence-electron chi connectivity index (χ1n) is 10.3. The van der Waals surface area contributed by atoms with Crippen LogP contribution in [0.15, 0.2) is 69.1 Å². The number of thiocarbonyl (C=S) groups is 1. The summed E-state index contributed by atoms with van der Waals surface area (Å²) in [5.41, 5.74) is 1.61. The summed E-state index contributed by atoms with van der Waals surface area (Å²) in [5, 5.41) is 2.82. The maximum Gasteiger partial charge on any atom is 0.270 e. The second kappa shape index (κ2) is 11.3. The molecule has 0 spiro atoms. The normalized spacial score (nSPS) is 14.8. The average molecular weight is 671 g/mol. The van der Waals surface area contributed by atoms with Crippen molar-refractivity contribution in [2.75, 3.05) is 12.0 Å². The Morgan fingerprint density at radius 3 is 2.47 bits per heavy atom. The van der Waals surface area contributed by atoms with Gasteiger partial charge in [0, 0.05) is 8.95 Å². The molecule has 1 aliphatic rings. The summed E-state index contributed by atoms with van der Waals surface area (Å²) < 4.78 is 13.0. The molecule has 0 radical (unpaired) electrons. The summed E-state index contributed by atoms with van der Waals surface area (Å²) in [7, 11) is 1.51. The molecule has 0 saturated carbocycles. The molecule has 1 saturated heterocycles. The molecule has 1 heterocycles.